The summed E-state index contributed by atoms with van der Waals surface area (Å²) in [5, 5.41) is 16.0. The van der Waals surface area contributed by atoms with Crippen LogP contribution in [0.4, 0.5) is 10.1 Å². The fraction of sp³-hybridized carbons (Fsp3) is 0.344. The molecule has 0 radical (unpaired) electrons. The number of oxazole rings is 1. The second-order valence-electron chi connectivity index (χ2n) is 11.5. The molecule has 45 heavy (non-hydrogen) atoms. The second-order valence-corrected chi connectivity index (χ2v) is 11.5. The summed E-state index contributed by atoms with van der Waals surface area (Å²) in [5.74, 6) is 0.709. The molecule has 0 aliphatic carbocycles. The lowest BCUT2D eigenvalue weighted by Crippen LogP contribution is -2.50. The summed E-state index contributed by atoms with van der Waals surface area (Å²) in [6.07, 6.45) is 2.49. The molecule has 1 fully saturated rings. The molecule has 13 heteroatoms. The highest BCUT2D eigenvalue weighted by Crippen LogP contribution is 2.29. The quantitative estimate of drug-likeness (QED) is 0.254. The van der Waals surface area contributed by atoms with Crippen molar-refractivity contribution < 1.29 is 18.4 Å². The molecule has 4 heterocycles. The smallest absolute Gasteiger partial charge is 0.272 e. The third-order valence-electron chi connectivity index (χ3n) is 7.71. The SMILES string of the molecule is CC(=O)Nc1ccc2oc(-c3ccnc(C(=O)N4CCN([C@H](c5ccc(F)cc5)c5nnn(CCC(C)C)n5)CC4)c3)nc2c1. The number of piperazine rings is 1. The molecule has 12 nitrogen and oxygen atoms in total. The van der Waals surface area contributed by atoms with E-state index in [1.54, 1.807) is 58.4 Å². The Morgan fingerprint density at radius 3 is 2.53 bits per heavy atom. The molecule has 0 unspecified atom stereocenters. The first-order valence-corrected chi connectivity index (χ1v) is 14.9. The molecule has 1 aliphatic heterocycles. The van der Waals surface area contributed by atoms with Gasteiger partial charge in [-0.25, -0.2) is 9.37 Å². The molecule has 0 bridgehead atoms. The highest BCUT2D eigenvalue weighted by molar-refractivity contribution is 5.94. The van der Waals surface area contributed by atoms with Crippen molar-refractivity contribution in [3.05, 3.63) is 83.7 Å². The van der Waals surface area contributed by atoms with E-state index in [4.69, 9.17) is 4.42 Å². The number of fused-ring (bicyclic) bond motifs is 1. The standard InChI is InChI=1S/C32H34FN9O3/c1-20(2)11-13-42-38-30(37-39-42)29(22-4-6-24(33)7-5-22)40-14-16-41(17-15-40)32(44)27-18-23(10-12-34-27)31-36-26-19-25(35-21(3)43)8-9-28(26)45-31/h4-10,12,18-20,29H,11,13-17H2,1-3H3,(H,35,43)/t29-/m1/s1. The van der Waals surface area contributed by atoms with Gasteiger partial charge in [0, 0.05) is 50.6 Å². The number of nitrogens with one attached hydrogen (secondary N) is 1. The zero-order valence-electron chi connectivity index (χ0n) is 25.4. The summed E-state index contributed by atoms with van der Waals surface area (Å²) in [7, 11) is 0. The molecule has 0 spiro atoms. The molecule has 0 saturated carbocycles. The summed E-state index contributed by atoms with van der Waals surface area (Å²) in [6, 6.07) is 14.7. The van der Waals surface area contributed by atoms with Crippen LogP contribution in [0.25, 0.3) is 22.6 Å². The Kier molecular flexibility index (Phi) is 8.60. The van der Waals surface area contributed by atoms with E-state index in [1.807, 2.05) is 0 Å². The van der Waals surface area contributed by atoms with Crippen LogP contribution in [0.3, 0.4) is 0 Å². The van der Waals surface area contributed by atoms with Crippen LogP contribution in [-0.4, -0.2) is 78.0 Å². The van der Waals surface area contributed by atoms with E-state index in [-0.39, 0.29) is 29.4 Å². The Bertz CT molecular complexity index is 1810. The summed E-state index contributed by atoms with van der Waals surface area (Å²) < 4.78 is 19.7. The van der Waals surface area contributed by atoms with Crippen LogP contribution < -0.4 is 5.32 Å². The maximum atomic E-state index is 13.8. The fourth-order valence-electron chi connectivity index (χ4n) is 5.36. The zero-order chi connectivity index (χ0) is 31.5. The number of carbonyl (C=O) groups is 2. The first-order chi connectivity index (χ1) is 21.7. The predicted octanol–water partition coefficient (Wildman–Crippen LogP) is 4.57. The van der Waals surface area contributed by atoms with Crippen LogP contribution in [-0.2, 0) is 11.3 Å². The maximum absolute atomic E-state index is 13.8. The number of hydrogen-bond donors (Lipinski definition) is 1. The maximum Gasteiger partial charge on any atom is 0.272 e. The minimum Gasteiger partial charge on any atom is -0.436 e. The molecule has 6 rings (SSSR count). The van der Waals surface area contributed by atoms with Crippen molar-refractivity contribution in [3.8, 4) is 11.5 Å². The lowest BCUT2D eigenvalue weighted by molar-refractivity contribution is -0.114. The zero-order valence-corrected chi connectivity index (χ0v) is 25.4. The molecule has 5 aromatic rings. The molecule has 1 atom stereocenters. The molecule has 1 aliphatic rings. The van der Waals surface area contributed by atoms with Crippen LogP contribution in [0, 0.1) is 11.7 Å². The van der Waals surface area contributed by atoms with E-state index in [1.165, 1.54) is 19.1 Å². The van der Waals surface area contributed by atoms with E-state index in [2.05, 4.69) is 49.4 Å². The van der Waals surface area contributed by atoms with E-state index in [0.717, 1.165) is 12.0 Å². The van der Waals surface area contributed by atoms with E-state index < -0.39 is 0 Å². The number of pyridine rings is 1. The third-order valence-corrected chi connectivity index (χ3v) is 7.71. The largest absolute Gasteiger partial charge is 0.436 e. The first-order valence-electron chi connectivity index (χ1n) is 14.9. The monoisotopic (exact) mass is 611 g/mol. The normalized spacial score (nSPS) is 14.6. The number of halogens is 1. The van der Waals surface area contributed by atoms with E-state index >= 15 is 0 Å². The van der Waals surface area contributed by atoms with Gasteiger partial charge in [0.15, 0.2) is 11.4 Å². The number of benzene rings is 2. The number of aromatic nitrogens is 6. The molecular weight excluding hydrogens is 577 g/mol. The molecule has 3 aromatic heterocycles. The lowest BCUT2D eigenvalue weighted by Gasteiger charge is -2.38. The van der Waals surface area contributed by atoms with Crippen LogP contribution in [0.5, 0.6) is 0 Å². The molecule has 1 N–H and O–H groups in total. The topological polar surface area (TPSA) is 135 Å². The third kappa shape index (κ3) is 6.88. The molecule has 2 aromatic carbocycles. The van der Waals surface area contributed by atoms with Crippen LogP contribution in [0.1, 0.15) is 55.1 Å². The van der Waals surface area contributed by atoms with Crippen LogP contribution in [0.15, 0.2) is 65.2 Å². The van der Waals surface area contributed by atoms with Crippen molar-refractivity contribution >= 4 is 28.6 Å². The number of hydrogen-bond acceptors (Lipinski definition) is 9. The number of amides is 2. The van der Waals surface area contributed by atoms with Crippen LogP contribution >= 0.6 is 0 Å². The van der Waals surface area contributed by atoms with E-state index in [0.29, 0.717) is 72.7 Å². The Balaban J connectivity index is 1.17. The summed E-state index contributed by atoms with van der Waals surface area (Å²) in [6.45, 7) is 8.41. The van der Waals surface area contributed by atoms with Crippen molar-refractivity contribution in [2.75, 3.05) is 31.5 Å². The van der Waals surface area contributed by atoms with Gasteiger partial charge in [-0.1, -0.05) is 26.0 Å². The summed E-state index contributed by atoms with van der Waals surface area (Å²) in [4.78, 5) is 39.5. The first kappa shape index (κ1) is 30.0. The lowest BCUT2D eigenvalue weighted by atomic mass is 10.0. The number of aryl methyl sites for hydroxylation is 1. The van der Waals surface area contributed by atoms with Gasteiger partial charge in [-0.15, -0.1) is 10.2 Å². The highest BCUT2D eigenvalue weighted by atomic mass is 19.1. The summed E-state index contributed by atoms with van der Waals surface area (Å²) in [5.41, 5.74) is 3.52. The van der Waals surface area contributed by atoms with Gasteiger partial charge < -0.3 is 14.6 Å². The van der Waals surface area contributed by atoms with Crippen molar-refractivity contribution in [3.63, 3.8) is 0 Å². The Labute approximate surface area is 259 Å². The van der Waals surface area contributed by atoms with E-state index in [9.17, 15) is 14.0 Å². The van der Waals surface area contributed by atoms with Gasteiger partial charge in [-0.05, 0) is 65.6 Å². The van der Waals surface area contributed by atoms with Crippen molar-refractivity contribution in [2.24, 2.45) is 5.92 Å². The van der Waals surface area contributed by atoms with Gasteiger partial charge in [-0.3, -0.25) is 19.5 Å². The van der Waals surface area contributed by atoms with Gasteiger partial charge in [0.2, 0.25) is 11.8 Å². The minimum atomic E-state index is -0.331. The molecule has 232 valence electrons. The van der Waals surface area contributed by atoms with Gasteiger partial charge >= 0.3 is 0 Å². The Morgan fingerprint density at radius 1 is 1.02 bits per heavy atom. The number of anilines is 1. The van der Waals surface area contributed by atoms with Gasteiger partial charge in [0.1, 0.15) is 17.0 Å². The highest BCUT2D eigenvalue weighted by Gasteiger charge is 2.32. The molecule has 1 saturated heterocycles. The van der Waals surface area contributed by atoms with Crippen LogP contribution in [0.2, 0.25) is 0 Å². The predicted molar refractivity (Wildman–Crippen MR) is 165 cm³/mol. The number of carbonyl (C=O) groups excluding carboxylic acids is 2. The fourth-order valence-corrected chi connectivity index (χ4v) is 5.36. The molecular formula is C32H34FN9O3. The van der Waals surface area contributed by atoms with Gasteiger partial charge in [0.25, 0.3) is 5.91 Å². The average molecular weight is 612 g/mol. The van der Waals surface area contributed by atoms with Gasteiger partial charge in [-0.2, -0.15) is 4.80 Å². The van der Waals surface area contributed by atoms with Crippen molar-refractivity contribution in [2.45, 2.75) is 39.8 Å². The second kappa shape index (κ2) is 12.9. The number of nitrogens with zero attached hydrogens (tertiary/aromatic N) is 8. The number of rotatable bonds is 9. The average Bonchev–Trinajstić information content (AvgIpc) is 3.68. The Hall–Kier alpha value is -5.04. The van der Waals surface area contributed by atoms with Gasteiger partial charge in [0.05, 0.1) is 12.6 Å². The minimum absolute atomic E-state index is 0.177. The Morgan fingerprint density at radius 2 is 1.80 bits per heavy atom. The van der Waals surface area contributed by atoms with Crippen molar-refractivity contribution in [1.29, 1.82) is 0 Å². The van der Waals surface area contributed by atoms with Crippen molar-refractivity contribution in [1.82, 2.24) is 40.0 Å². The molecule has 2 amide bonds. The summed E-state index contributed by atoms with van der Waals surface area (Å²) >= 11 is 0. The number of tetrazole rings is 1.